The van der Waals surface area contributed by atoms with Crippen LogP contribution < -0.4 is 0 Å². The molecule has 1 aromatic rings. The van der Waals surface area contributed by atoms with E-state index < -0.39 is 52.0 Å². The van der Waals surface area contributed by atoms with Crippen molar-refractivity contribution in [3.63, 3.8) is 0 Å². The van der Waals surface area contributed by atoms with Crippen LogP contribution in [0, 0.1) is 11.8 Å². The van der Waals surface area contributed by atoms with Crippen LogP contribution in [0.3, 0.4) is 0 Å². The van der Waals surface area contributed by atoms with Gasteiger partial charge in [0.25, 0.3) is 0 Å². The molecule has 1 aromatic carbocycles. The summed E-state index contributed by atoms with van der Waals surface area (Å²) in [5.74, 6) is -5.89. The largest absolute Gasteiger partial charge is 0.481 e. The maximum absolute atomic E-state index is 13.0. The number of carbonyl (C=O) groups is 1. The average Bonchev–Trinajstić information content (AvgIpc) is 2.83. The summed E-state index contributed by atoms with van der Waals surface area (Å²) in [4.78, 5) is 10.5. The van der Waals surface area contributed by atoms with Gasteiger partial charge in [-0.25, -0.2) is 8.42 Å². The second-order valence-electron chi connectivity index (χ2n) is 4.97. The number of rotatable bonds is 3. The Kier molecular flexibility index (Phi) is 4.87. The average molecular weight is 392 g/mol. The Labute approximate surface area is 139 Å². The van der Waals surface area contributed by atoms with Gasteiger partial charge < -0.3 is 5.11 Å². The van der Waals surface area contributed by atoms with E-state index in [4.69, 9.17) is 28.3 Å². The van der Waals surface area contributed by atoms with Gasteiger partial charge in [0.1, 0.15) is 4.90 Å². The molecule has 0 saturated carbocycles. The van der Waals surface area contributed by atoms with Crippen molar-refractivity contribution in [3.8, 4) is 0 Å². The van der Waals surface area contributed by atoms with Crippen LogP contribution in [-0.4, -0.2) is 43.1 Å². The molecule has 0 bridgehead atoms. The summed E-state index contributed by atoms with van der Waals surface area (Å²) in [7, 11) is -4.45. The predicted molar refractivity (Wildman–Crippen MR) is 75.9 cm³/mol. The van der Waals surface area contributed by atoms with Gasteiger partial charge >= 0.3 is 12.1 Å². The summed E-state index contributed by atoms with van der Waals surface area (Å²) in [5.41, 5.74) is 0. The van der Waals surface area contributed by atoms with Gasteiger partial charge in [-0.05, 0) is 12.1 Å². The first-order valence-corrected chi connectivity index (χ1v) is 8.39. The first-order valence-electron chi connectivity index (χ1n) is 6.20. The van der Waals surface area contributed by atoms with Gasteiger partial charge in [-0.1, -0.05) is 29.3 Å². The van der Waals surface area contributed by atoms with Crippen molar-refractivity contribution in [1.29, 1.82) is 0 Å². The van der Waals surface area contributed by atoms with Crippen molar-refractivity contribution in [2.24, 2.45) is 11.8 Å². The molecule has 0 aromatic heterocycles. The molecule has 1 heterocycles. The van der Waals surface area contributed by atoms with E-state index in [1.807, 2.05) is 0 Å². The lowest BCUT2D eigenvalue weighted by atomic mass is 9.96. The zero-order valence-corrected chi connectivity index (χ0v) is 13.5. The van der Waals surface area contributed by atoms with Crippen molar-refractivity contribution in [3.05, 3.63) is 28.2 Å². The number of aliphatic carboxylic acids is 1. The van der Waals surface area contributed by atoms with E-state index in [9.17, 15) is 26.4 Å². The molecule has 0 spiro atoms. The highest BCUT2D eigenvalue weighted by molar-refractivity contribution is 7.89. The molecule has 0 unspecified atom stereocenters. The minimum atomic E-state index is -4.84. The Bertz CT molecular complexity index is 718. The first-order chi connectivity index (χ1) is 10.5. The highest BCUT2D eigenvalue weighted by Crippen LogP contribution is 2.41. The molecule has 0 amide bonds. The summed E-state index contributed by atoms with van der Waals surface area (Å²) < 4.78 is 64.4. The van der Waals surface area contributed by atoms with E-state index in [2.05, 4.69) is 0 Å². The minimum absolute atomic E-state index is 0.250. The number of hydrogen-bond acceptors (Lipinski definition) is 3. The normalized spacial score (nSPS) is 23.2. The third-order valence-electron chi connectivity index (χ3n) is 3.54. The number of carboxylic acids is 1. The highest BCUT2D eigenvalue weighted by atomic mass is 35.5. The molecular weight excluding hydrogens is 382 g/mol. The molecule has 1 aliphatic heterocycles. The fraction of sp³-hybridized carbons (Fsp3) is 0.417. The fourth-order valence-corrected chi connectivity index (χ4v) is 4.99. The van der Waals surface area contributed by atoms with Gasteiger partial charge in [-0.3, -0.25) is 4.79 Å². The number of sulfonamides is 1. The molecule has 11 heteroatoms. The molecule has 1 saturated heterocycles. The van der Waals surface area contributed by atoms with E-state index >= 15 is 0 Å². The van der Waals surface area contributed by atoms with Crippen molar-refractivity contribution in [2.75, 3.05) is 13.1 Å². The van der Waals surface area contributed by atoms with E-state index in [-0.39, 0.29) is 10.0 Å². The third kappa shape index (κ3) is 3.42. The molecule has 1 N–H and O–H groups in total. The van der Waals surface area contributed by atoms with Crippen molar-refractivity contribution < 1.29 is 31.5 Å². The summed E-state index contributed by atoms with van der Waals surface area (Å²) in [6, 6.07) is 3.84. The number of nitrogens with zero attached hydrogens (tertiary/aromatic N) is 1. The number of alkyl halides is 3. The lowest BCUT2D eigenvalue weighted by molar-refractivity contribution is -0.187. The number of benzene rings is 1. The Morgan fingerprint density at radius 1 is 1.22 bits per heavy atom. The fourth-order valence-electron chi connectivity index (χ4n) is 2.40. The summed E-state index contributed by atoms with van der Waals surface area (Å²) >= 11 is 11.6. The standard InChI is InChI=1S/C12H10Cl2F3NO4S/c13-8-2-1-3-9(14)10(8)23(21,22)18-4-6(11(19)20)7(5-18)12(15,16)17/h1-3,6-7H,4-5H2,(H,19,20)/t6-,7-/m1/s1. The van der Waals surface area contributed by atoms with Gasteiger partial charge in [-0.15, -0.1) is 0 Å². The highest BCUT2D eigenvalue weighted by Gasteiger charge is 2.55. The monoisotopic (exact) mass is 391 g/mol. The van der Waals surface area contributed by atoms with Crippen LogP contribution in [0.5, 0.6) is 0 Å². The molecule has 23 heavy (non-hydrogen) atoms. The molecule has 1 aliphatic rings. The smallest absolute Gasteiger partial charge is 0.393 e. The van der Waals surface area contributed by atoms with Crippen LogP contribution in [0.2, 0.25) is 10.0 Å². The molecular formula is C12H10Cl2F3NO4S. The van der Waals surface area contributed by atoms with Crippen LogP contribution in [0.1, 0.15) is 0 Å². The molecule has 0 aliphatic carbocycles. The second kappa shape index (κ2) is 6.12. The van der Waals surface area contributed by atoms with Crippen LogP contribution in [-0.2, 0) is 14.8 Å². The van der Waals surface area contributed by atoms with Gasteiger partial charge in [0, 0.05) is 13.1 Å². The van der Waals surface area contributed by atoms with E-state index in [1.165, 1.54) is 18.2 Å². The lowest BCUT2D eigenvalue weighted by Crippen LogP contribution is -2.34. The SMILES string of the molecule is O=C(O)[C@@H]1CN(S(=O)(=O)c2c(Cl)cccc2Cl)C[C@H]1C(F)(F)F. The van der Waals surface area contributed by atoms with Crippen molar-refractivity contribution in [1.82, 2.24) is 4.31 Å². The molecule has 0 radical (unpaired) electrons. The third-order valence-corrected chi connectivity index (χ3v) is 6.33. The predicted octanol–water partition coefficient (Wildman–Crippen LogP) is 2.88. The Hall–Kier alpha value is -1.03. The minimum Gasteiger partial charge on any atom is -0.481 e. The molecule has 1 fully saturated rings. The molecule has 5 nitrogen and oxygen atoms in total. The summed E-state index contributed by atoms with van der Waals surface area (Å²) in [6.07, 6.45) is -4.84. The Morgan fingerprint density at radius 3 is 2.13 bits per heavy atom. The Morgan fingerprint density at radius 2 is 1.74 bits per heavy atom. The van der Waals surface area contributed by atoms with E-state index in [1.54, 1.807) is 0 Å². The van der Waals surface area contributed by atoms with E-state index in [0.29, 0.717) is 4.31 Å². The number of hydrogen-bond donors (Lipinski definition) is 1. The van der Waals surface area contributed by atoms with E-state index in [0.717, 1.165) is 0 Å². The topological polar surface area (TPSA) is 74.7 Å². The zero-order chi connectivity index (χ0) is 17.6. The second-order valence-corrected chi connectivity index (χ2v) is 7.65. The first kappa shape index (κ1) is 18.3. The quantitative estimate of drug-likeness (QED) is 0.859. The maximum Gasteiger partial charge on any atom is 0.393 e. The van der Waals surface area contributed by atoms with Crippen molar-refractivity contribution in [2.45, 2.75) is 11.1 Å². The molecule has 2 rings (SSSR count). The maximum atomic E-state index is 13.0. The number of halogens is 5. The summed E-state index contributed by atoms with van der Waals surface area (Å²) in [6.45, 7) is -1.80. The van der Waals surface area contributed by atoms with Gasteiger partial charge in [-0.2, -0.15) is 17.5 Å². The van der Waals surface area contributed by atoms with Gasteiger partial charge in [0.05, 0.1) is 21.9 Å². The molecule has 128 valence electrons. The Balaban J connectivity index is 2.45. The zero-order valence-electron chi connectivity index (χ0n) is 11.2. The van der Waals surface area contributed by atoms with Crippen LogP contribution in [0.15, 0.2) is 23.1 Å². The van der Waals surface area contributed by atoms with Gasteiger partial charge in [0.2, 0.25) is 10.0 Å². The molecule has 2 atom stereocenters. The number of carboxylic acid groups (broad SMARTS) is 1. The lowest BCUT2D eigenvalue weighted by Gasteiger charge is -2.19. The van der Waals surface area contributed by atoms with Crippen LogP contribution in [0.4, 0.5) is 13.2 Å². The van der Waals surface area contributed by atoms with Crippen molar-refractivity contribution >= 4 is 39.2 Å². The summed E-state index contributed by atoms with van der Waals surface area (Å²) in [5, 5.41) is 8.44. The van der Waals surface area contributed by atoms with Crippen LogP contribution >= 0.6 is 23.2 Å². The van der Waals surface area contributed by atoms with Crippen LogP contribution in [0.25, 0.3) is 0 Å². The van der Waals surface area contributed by atoms with Gasteiger partial charge in [0.15, 0.2) is 0 Å².